The molecule has 1 aromatic rings. The minimum Gasteiger partial charge on any atom is -0.488 e. The van der Waals surface area contributed by atoms with E-state index in [-0.39, 0.29) is 5.43 Å². The zero-order valence-corrected chi connectivity index (χ0v) is 10.4. The lowest BCUT2D eigenvalue weighted by Crippen LogP contribution is -2.11. The number of hydrogen-bond donors (Lipinski definition) is 1. The first-order valence-electron chi connectivity index (χ1n) is 5.36. The molecule has 0 fully saturated rings. The highest BCUT2D eigenvalue weighted by Gasteiger charge is 2.04. The summed E-state index contributed by atoms with van der Waals surface area (Å²) >= 11 is 0. The Hall–Kier alpha value is -1.10. The molecule has 0 radical (unpaired) electrons. The van der Waals surface area contributed by atoms with Gasteiger partial charge in [-0.3, -0.25) is 9.00 Å². The van der Waals surface area contributed by atoms with Crippen molar-refractivity contribution in [2.75, 3.05) is 12.4 Å². The van der Waals surface area contributed by atoms with Gasteiger partial charge in [0.15, 0.2) is 5.75 Å². The maximum atomic E-state index is 11.6. The minimum atomic E-state index is -0.909. The quantitative estimate of drug-likeness (QED) is 0.822. The average molecular weight is 243 g/mol. The van der Waals surface area contributed by atoms with Crippen LogP contribution in [-0.4, -0.2) is 21.6 Å². The van der Waals surface area contributed by atoms with Crippen LogP contribution in [0.5, 0.6) is 5.75 Å². The van der Waals surface area contributed by atoms with E-state index in [4.69, 9.17) is 4.74 Å². The van der Waals surface area contributed by atoms with Crippen LogP contribution < -0.4 is 10.2 Å². The van der Waals surface area contributed by atoms with Gasteiger partial charge in [-0.25, -0.2) is 0 Å². The summed E-state index contributed by atoms with van der Waals surface area (Å²) in [5.41, 5.74) is 0.532. The number of H-pyrrole nitrogens is 1. The van der Waals surface area contributed by atoms with Gasteiger partial charge in [0.05, 0.1) is 12.4 Å². The molecule has 0 saturated carbocycles. The second-order valence-corrected chi connectivity index (χ2v) is 5.15. The lowest BCUT2D eigenvalue weighted by Gasteiger charge is -2.05. The highest BCUT2D eigenvalue weighted by molar-refractivity contribution is 7.84. The predicted molar refractivity (Wildman–Crippen MR) is 65.2 cm³/mol. The summed E-state index contributed by atoms with van der Waals surface area (Å²) < 4.78 is 16.6. The maximum absolute atomic E-state index is 11.6. The van der Waals surface area contributed by atoms with Crippen LogP contribution in [0.25, 0.3) is 0 Å². The zero-order chi connectivity index (χ0) is 12.0. The van der Waals surface area contributed by atoms with Crippen molar-refractivity contribution in [3.63, 3.8) is 0 Å². The number of nitrogens with one attached hydrogen (secondary N) is 1. The van der Waals surface area contributed by atoms with Gasteiger partial charge in [0.2, 0.25) is 5.43 Å². The van der Waals surface area contributed by atoms with Gasteiger partial charge < -0.3 is 9.72 Å². The zero-order valence-electron chi connectivity index (χ0n) is 9.62. The lowest BCUT2D eigenvalue weighted by molar-refractivity contribution is 0.313. The molecule has 0 spiro atoms. The predicted octanol–water partition coefficient (Wildman–Crippen LogP) is 1.43. The van der Waals surface area contributed by atoms with Gasteiger partial charge in [0.25, 0.3) is 0 Å². The summed E-state index contributed by atoms with van der Waals surface area (Å²) in [5.74, 6) is 1.31. The van der Waals surface area contributed by atoms with Gasteiger partial charge in [-0.1, -0.05) is 13.8 Å². The molecule has 0 aliphatic carbocycles. The standard InChI is InChI=1S/C11H17NO3S/c1-3-5-15-11-7-12-9(6-10(11)13)8-16(14)4-2/h6-7H,3-5,8H2,1-2H3,(H,12,13). The van der Waals surface area contributed by atoms with Crippen LogP contribution in [0.4, 0.5) is 0 Å². The van der Waals surface area contributed by atoms with Gasteiger partial charge in [-0.2, -0.15) is 0 Å². The van der Waals surface area contributed by atoms with E-state index in [1.54, 1.807) is 6.20 Å². The molecule has 1 atom stereocenters. The van der Waals surface area contributed by atoms with Gasteiger partial charge in [0, 0.05) is 34.5 Å². The van der Waals surface area contributed by atoms with E-state index >= 15 is 0 Å². The first kappa shape index (κ1) is 13.0. The summed E-state index contributed by atoms with van der Waals surface area (Å²) in [5, 5.41) is 0. The fourth-order valence-electron chi connectivity index (χ4n) is 1.18. The summed E-state index contributed by atoms with van der Waals surface area (Å²) in [6, 6.07) is 1.46. The number of ether oxygens (including phenoxy) is 1. The molecule has 1 unspecified atom stereocenters. The molecule has 0 aliphatic rings. The first-order chi connectivity index (χ1) is 7.67. The van der Waals surface area contributed by atoms with Crippen LogP contribution in [0.2, 0.25) is 0 Å². The molecule has 1 heterocycles. The Morgan fingerprint density at radius 3 is 2.75 bits per heavy atom. The van der Waals surface area contributed by atoms with Gasteiger partial charge in [0.1, 0.15) is 0 Å². The third-order valence-electron chi connectivity index (χ3n) is 2.04. The monoisotopic (exact) mass is 243 g/mol. The third kappa shape index (κ3) is 3.81. The van der Waals surface area contributed by atoms with Crippen LogP contribution in [-0.2, 0) is 16.6 Å². The molecule has 1 aromatic heterocycles. The van der Waals surface area contributed by atoms with Crippen molar-refractivity contribution in [2.45, 2.75) is 26.0 Å². The molecular formula is C11H17NO3S. The second kappa shape index (κ2) is 6.48. The van der Waals surface area contributed by atoms with Gasteiger partial charge >= 0.3 is 0 Å². The highest BCUT2D eigenvalue weighted by atomic mass is 32.2. The van der Waals surface area contributed by atoms with E-state index in [1.807, 2.05) is 13.8 Å². The van der Waals surface area contributed by atoms with E-state index in [2.05, 4.69) is 4.98 Å². The summed E-state index contributed by atoms with van der Waals surface area (Å²) in [6.07, 6.45) is 2.40. The average Bonchev–Trinajstić information content (AvgIpc) is 2.28. The van der Waals surface area contributed by atoms with E-state index in [0.29, 0.717) is 29.6 Å². The molecule has 90 valence electrons. The summed E-state index contributed by atoms with van der Waals surface area (Å²) in [6.45, 7) is 4.36. The number of aromatic amines is 1. The largest absolute Gasteiger partial charge is 0.488 e. The van der Waals surface area contributed by atoms with Gasteiger partial charge in [-0.15, -0.1) is 0 Å². The number of rotatable bonds is 6. The fraction of sp³-hybridized carbons (Fsp3) is 0.545. The van der Waals surface area contributed by atoms with Crippen molar-refractivity contribution in [3.8, 4) is 5.75 Å². The highest BCUT2D eigenvalue weighted by Crippen LogP contribution is 2.04. The maximum Gasteiger partial charge on any atom is 0.223 e. The van der Waals surface area contributed by atoms with Crippen molar-refractivity contribution < 1.29 is 8.95 Å². The molecule has 0 aliphatic heterocycles. The first-order valence-corrected chi connectivity index (χ1v) is 6.85. The molecule has 0 saturated heterocycles. The summed E-state index contributed by atoms with van der Waals surface area (Å²) in [7, 11) is -0.909. The lowest BCUT2D eigenvalue weighted by atomic mass is 10.3. The van der Waals surface area contributed by atoms with Gasteiger partial charge in [-0.05, 0) is 6.42 Å². The van der Waals surface area contributed by atoms with Crippen molar-refractivity contribution in [1.29, 1.82) is 0 Å². The Balaban J connectivity index is 2.74. The third-order valence-corrected chi connectivity index (χ3v) is 3.31. The van der Waals surface area contributed by atoms with Crippen LogP contribution >= 0.6 is 0 Å². The topological polar surface area (TPSA) is 59.2 Å². The summed E-state index contributed by atoms with van der Waals surface area (Å²) in [4.78, 5) is 14.5. The fourth-order valence-corrected chi connectivity index (χ4v) is 1.90. The minimum absolute atomic E-state index is 0.157. The SMILES string of the molecule is CCCOc1c[nH]c(CS(=O)CC)cc1=O. The molecule has 16 heavy (non-hydrogen) atoms. The molecular weight excluding hydrogens is 226 g/mol. The number of pyridine rings is 1. The van der Waals surface area contributed by atoms with Crippen LogP contribution in [0.3, 0.4) is 0 Å². The van der Waals surface area contributed by atoms with Crippen LogP contribution in [0.15, 0.2) is 17.1 Å². The Bertz CT molecular complexity index is 414. The van der Waals surface area contributed by atoms with Crippen molar-refractivity contribution in [2.24, 2.45) is 0 Å². The Morgan fingerprint density at radius 2 is 2.19 bits per heavy atom. The number of hydrogen-bond acceptors (Lipinski definition) is 3. The van der Waals surface area contributed by atoms with Crippen molar-refractivity contribution in [3.05, 3.63) is 28.2 Å². The van der Waals surface area contributed by atoms with E-state index in [1.165, 1.54) is 6.07 Å². The molecule has 0 bridgehead atoms. The molecule has 1 N–H and O–H groups in total. The normalized spacial score (nSPS) is 12.4. The number of aromatic nitrogens is 1. The van der Waals surface area contributed by atoms with Crippen LogP contribution in [0, 0.1) is 0 Å². The Morgan fingerprint density at radius 1 is 1.44 bits per heavy atom. The van der Waals surface area contributed by atoms with Crippen LogP contribution in [0.1, 0.15) is 26.0 Å². The van der Waals surface area contributed by atoms with E-state index in [9.17, 15) is 9.00 Å². The van der Waals surface area contributed by atoms with Crippen molar-refractivity contribution in [1.82, 2.24) is 4.98 Å². The molecule has 1 rings (SSSR count). The molecule has 4 nitrogen and oxygen atoms in total. The van der Waals surface area contributed by atoms with E-state index in [0.717, 1.165) is 6.42 Å². The van der Waals surface area contributed by atoms with Crippen molar-refractivity contribution >= 4 is 10.8 Å². The van der Waals surface area contributed by atoms with E-state index < -0.39 is 10.8 Å². The molecule has 0 amide bonds. The smallest absolute Gasteiger partial charge is 0.223 e. The Labute approximate surface area is 97.5 Å². The molecule has 0 aromatic carbocycles. The molecule has 5 heteroatoms. The second-order valence-electron chi connectivity index (χ2n) is 3.41. The Kier molecular flexibility index (Phi) is 5.25.